The highest BCUT2D eigenvalue weighted by Crippen LogP contribution is 2.27. The van der Waals surface area contributed by atoms with Crippen molar-refractivity contribution in [2.24, 2.45) is 5.73 Å². The van der Waals surface area contributed by atoms with Crippen LogP contribution in [0.15, 0.2) is 85.1 Å². The first-order valence-electron chi connectivity index (χ1n) is 16.0. The second kappa shape index (κ2) is 12.8. The van der Waals surface area contributed by atoms with Gasteiger partial charge in [-0.1, -0.05) is 48.5 Å². The normalized spacial score (nSPS) is 15.3. The number of H-pyrrole nitrogens is 2. The van der Waals surface area contributed by atoms with Crippen LogP contribution in [-0.2, 0) is 30.6 Å². The number of piperidine rings is 1. The number of methoxy groups -OCH3 is 1. The summed E-state index contributed by atoms with van der Waals surface area (Å²) in [6.45, 7) is 1.97. The van der Waals surface area contributed by atoms with Crippen LogP contribution in [0.5, 0.6) is 5.75 Å². The summed E-state index contributed by atoms with van der Waals surface area (Å²) < 4.78 is 7.57. The van der Waals surface area contributed by atoms with E-state index in [0.29, 0.717) is 51.1 Å². The monoisotopic (exact) mass is 616 g/mol. The van der Waals surface area contributed by atoms with Crippen molar-refractivity contribution in [3.8, 4) is 5.75 Å². The third kappa shape index (κ3) is 6.14. The molecule has 1 amide bonds. The summed E-state index contributed by atoms with van der Waals surface area (Å²) in [7, 11) is 1.67. The predicted octanol–water partition coefficient (Wildman–Crippen LogP) is 4.56. The number of nitrogens with one attached hydrogen (secondary N) is 4. The molecule has 3 aromatic heterocycles. The zero-order chi connectivity index (χ0) is 31.5. The summed E-state index contributed by atoms with van der Waals surface area (Å²) >= 11 is 0. The number of carbonyl (C=O) groups excluding carboxylic acids is 1. The van der Waals surface area contributed by atoms with Gasteiger partial charge in [-0.25, -0.2) is 0 Å². The maximum atomic E-state index is 13.9. The number of hydrogen-bond donors (Lipinski definition) is 5. The maximum absolute atomic E-state index is 13.9. The smallest absolute Gasteiger partial charge is 0.240 e. The highest BCUT2D eigenvalue weighted by atomic mass is 16.5. The van der Waals surface area contributed by atoms with Crippen LogP contribution >= 0.6 is 0 Å². The Balaban J connectivity index is 1.25. The summed E-state index contributed by atoms with van der Waals surface area (Å²) in [4.78, 5) is 20.8. The van der Waals surface area contributed by atoms with Gasteiger partial charge in [0.05, 0.1) is 25.2 Å². The summed E-state index contributed by atoms with van der Waals surface area (Å²) in [6.07, 6.45) is 5.16. The van der Waals surface area contributed by atoms with Crippen LogP contribution in [0.25, 0.3) is 21.8 Å². The van der Waals surface area contributed by atoms with Crippen LogP contribution in [0.2, 0.25) is 0 Å². The molecule has 10 nitrogen and oxygen atoms in total. The fourth-order valence-electron chi connectivity index (χ4n) is 6.52. The molecular weight excluding hydrogens is 576 g/mol. The van der Waals surface area contributed by atoms with Gasteiger partial charge in [-0.05, 0) is 79.2 Å². The first kappa shape index (κ1) is 29.8. The van der Waals surface area contributed by atoms with Crippen LogP contribution in [0.4, 0.5) is 0 Å². The van der Waals surface area contributed by atoms with E-state index in [-0.39, 0.29) is 5.91 Å². The molecule has 6 aromatic rings. The van der Waals surface area contributed by atoms with Gasteiger partial charge in [0.1, 0.15) is 11.6 Å². The lowest BCUT2D eigenvalue weighted by Gasteiger charge is -2.34. The van der Waals surface area contributed by atoms with Gasteiger partial charge in [0, 0.05) is 41.2 Å². The molecule has 0 spiro atoms. The number of amides is 1. The molecule has 4 heterocycles. The Labute approximate surface area is 267 Å². The van der Waals surface area contributed by atoms with Gasteiger partial charge >= 0.3 is 0 Å². The lowest BCUT2D eigenvalue weighted by molar-refractivity contribution is -0.128. The molecule has 0 radical (unpaired) electrons. The van der Waals surface area contributed by atoms with Crippen molar-refractivity contribution in [1.29, 1.82) is 0 Å². The average molecular weight is 617 g/mol. The van der Waals surface area contributed by atoms with Crippen molar-refractivity contribution < 1.29 is 9.53 Å². The highest BCUT2D eigenvalue weighted by Gasteiger charge is 2.37. The van der Waals surface area contributed by atoms with E-state index < -0.39 is 11.6 Å². The molecule has 6 N–H and O–H groups in total. The summed E-state index contributed by atoms with van der Waals surface area (Å²) in [5.41, 5.74) is 11.3. The molecule has 3 aromatic carbocycles. The van der Waals surface area contributed by atoms with Crippen LogP contribution in [-0.4, -0.2) is 56.4 Å². The minimum Gasteiger partial charge on any atom is -0.497 e. The Morgan fingerprint density at radius 1 is 1.00 bits per heavy atom. The number of benzene rings is 3. The van der Waals surface area contributed by atoms with Gasteiger partial charge in [0.2, 0.25) is 5.91 Å². The Bertz CT molecular complexity index is 1910. The molecule has 1 aliphatic heterocycles. The van der Waals surface area contributed by atoms with Crippen molar-refractivity contribution in [3.05, 3.63) is 114 Å². The van der Waals surface area contributed by atoms with Gasteiger partial charge < -0.3 is 35.6 Å². The molecule has 46 heavy (non-hydrogen) atoms. The largest absolute Gasteiger partial charge is 0.497 e. The molecule has 1 fully saturated rings. The molecule has 10 heteroatoms. The van der Waals surface area contributed by atoms with E-state index in [2.05, 4.69) is 73.7 Å². The summed E-state index contributed by atoms with van der Waals surface area (Å²) in [5.74, 6) is 2.20. The third-order valence-electron chi connectivity index (χ3n) is 9.22. The molecule has 0 bridgehead atoms. The van der Waals surface area contributed by atoms with Gasteiger partial charge in [-0.15, -0.1) is 10.2 Å². The van der Waals surface area contributed by atoms with Crippen LogP contribution in [0, 0.1) is 0 Å². The fourth-order valence-corrected chi connectivity index (χ4v) is 6.52. The molecular formula is C36H40N8O2. The first-order chi connectivity index (χ1) is 22.5. The second-order valence-electron chi connectivity index (χ2n) is 12.3. The minimum absolute atomic E-state index is 0.155. The standard InChI is InChI=1S/C36H40N8O2/c1-46-28-13-10-24(11-14-28)23-44-33(15-12-27-20-25-6-2-4-8-30(25)40-27)42-43-34(44)32(41-35(45)36(37)16-18-38-19-17-36)21-26-22-39-31-9-5-3-7-29(26)31/h2-11,13-14,20,22,32,38-40H,12,15-19,21,23,37H2,1H3,(H,41,45)/t32-/m1/s1. The van der Waals surface area contributed by atoms with E-state index in [1.54, 1.807) is 7.11 Å². The Morgan fingerprint density at radius 2 is 1.76 bits per heavy atom. The first-order valence-corrected chi connectivity index (χ1v) is 16.0. The number of nitrogens with zero attached hydrogens (tertiary/aromatic N) is 3. The van der Waals surface area contributed by atoms with E-state index in [4.69, 9.17) is 20.7 Å². The number of carbonyl (C=O) groups is 1. The van der Waals surface area contributed by atoms with Crippen LogP contribution in [0.1, 0.15) is 47.4 Å². The lowest BCUT2D eigenvalue weighted by Crippen LogP contribution is -2.59. The SMILES string of the molecule is COc1ccc(Cn2c(CCc3cc4ccccc4[nH]3)nnc2[C@@H](Cc2c[nH]c3ccccc23)NC(=O)C2(N)CCNCC2)cc1. The minimum atomic E-state index is -0.941. The summed E-state index contributed by atoms with van der Waals surface area (Å²) in [6, 6.07) is 26.3. The Morgan fingerprint density at radius 3 is 2.54 bits per heavy atom. The number of rotatable bonds is 11. The molecule has 7 rings (SSSR count). The zero-order valence-corrected chi connectivity index (χ0v) is 26.1. The van der Waals surface area contributed by atoms with E-state index >= 15 is 0 Å². The maximum Gasteiger partial charge on any atom is 0.240 e. The molecule has 0 unspecified atom stereocenters. The van der Waals surface area contributed by atoms with E-state index in [1.807, 2.05) is 36.5 Å². The van der Waals surface area contributed by atoms with Gasteiger partial charge in [-0.3, -0.25) is 4.79 Å². The predicted molar refractivity (Wildman–Crippen MR) is 180 cm³/mol. The van der Waals surface area contributed by atoms with Crippen LogP contribution < -0.4 is 21.1 Å². The molecule has 0 aliphatic carbocycles. The van der Waals surface area contributed by atoms with Crippen molar-refractivity contribution in [2.45, 2.75) is 50.2 Å². The Kier molecular flexibility index (Phi) is 8.30. The lowest BCUT2D eigenvalue weighted by atomic mass is 9.88. The van der Waals surface area contributed by atoms with Gasteiger partial charge in [0.15, 0.2) is 5.82 Å². The third-order valence-corrected chi connectivity index (χ3v) is 9.22. The number of aromatic nitrogens is 5. The molecule has 236 valence electrons. The number of hydrogen-bond acceptors (Lipinski definition) is 6. The van der Waals surface area contributed by atoms with Gasteiger partial charge in [0.25, 0.3) is 0 Å². The number of fused-ring (bicyclic) bond motifs is 2. The second-order valence-corrected chi connectivity index (χ2v) is 12.3. The van der Waals surface area contributed by atoms with Crippen molar-refractivity contribution in [3.63, 3.8) is 0 Å². The van der Waals surface area contributed by atoms with Gasteiger partial charge in [-0.2, -0.15) is 0 Å². The van der Waals surface area contributed by atoms with E-state index in [9.17, 15) is 4.79 Å². The van der Waals surface area contributed by atoms with Crippen LogP contribution in [0.3, 0.4) is 0 Å². The zero-order valence-electron chi connectivity index (χ0n) is 26.1. The van der Waals surface area contributed by atoms with Crippen molar-refractivity contribution in [1.82, 2.24) is 35.4 Å². The van der Waals surface area contributed by atoms with E-state index in [1.165, 1.54) is 5.39 Å². The van der Waals surface area contributed by atoms with Crippen molar-refractivity contribution in [2.75, 3.05) is 20.2 Å². The number of para-hydroxylation sites is 2. The number of nitrogens with two attached hydrogens (primary N) is 1. The summed E-state index contributed by atoms with van der Waals surface area (Å²) in [5, 5.41) is 18.5. The quantitative estimate of drug-likeness (QED) is 0.145. The molecule has 0 saturated carbocycles. The average Bonchev–Trinajstić information content (AvgIpc) is 3.81. The number of ether oxygens (including phenoxy) is 1. The highest BCUT2D eigenvalue weighted by molar-refractivity contribution is 5.87. The number of aromatic amines is 2. The fraction of sp³-hybridized carbons (Fsp3) is 0.306. The topological polar surface area (TPSA) is 139 Å². The molecule has 1 atom stereocenters. The molecule has 1 aliphatic rings. The Hall–Kier alpha value is -4.93. The van der Waals surface area contributed by atoms with Crippen molar-refractivity contribution >= 4 is 27.7 Å². The van der Waals surface area contributed by atoms with E-state index in [0.717, 1.165) is 51.2 Å². The molecule has 1 saturated heterocycles. The number of aryl methyl sites for hydroxylation is 2.